The van der Waals surface area contributed by atoms with Gasteiger partial charge in [-0.3, -0.25) is 9.59 Å². The van der Waals surface area contributed by atoms with E-state index < -0.39 is 17.8 Å². The van der Waals surface area contributed by atoms with Crippen molar-refractivity contribution in [1.29, 1.82) is 0 Å². The third-order valence-corrected chi connectivity index (χ3v) is 3.20. The van der Waals surface area contributed by atoms with Gasteiger partial charge in [-0.05, 0) is 25.1 Å². The molecular weight excluding hydrogens is 300 g/mol. The normalized spacial score (nSPS) is 13.0. The molecule has 0 bridgehead atoms. The molecule has 0 N–H and O–H groups in total. The van der Waals surface area contributed by atoms with Crippen LogP contribution in [-0.2, 0) is 4.84 Å². The average Bonchev–Trinajstić information content (AvgIpc) is 2.81. The Morgan fingerprint density at radius 3 is 2.26 bits per heavy atom. The van der Waals surface area contributed by atoms with Gasteiger partial charge in [0.25, 0.3) is 11.8 Å². The lowest BCUT2D eigenvalue weighted by molar-refractivity contribution is -0.0584. The molecule has 7 nitrogen and oxygen atoms in total. The summed E-state index contributed by atoms with van der Waals surface area (Å²) in [6, 6.07) is 9.21. The lowest BCUT2D eigenvalue weighted by Crippen LogP contribution is -2.32. The number of hydrogen-bond donors (Lipinski definition) is 0. The first-order valence-electron chi connectivity index (χ1n) is 6.90. The molecule has 2 heterocycles. The zero-order valence-electron chi connectivity index (χ0n) is 12.2. The molecule has 1 aliphatic heterocycles. The molecule has 2 aromatic rings. The lowest BCUT2D eigenvalue weighted by Gasteiger charge is -2.12. The Kier molecular flexibility index (Phi) is 3.76. The van der Waals surface area contributed by atoms with E-state index in [0.717, 1.165) is 0 Å². The zero-order chi connectivity index (χ0) is 16.4. The smallest absolute Gasteiger partial charge is 0.365 e. The molecular formula is C16H12N2O5. The van der Waals surface area contributed by atoms with Crippen LogP contribution in [0, 0.1) is 0 Å². The van der Waals surface area contributed by atoms with Gasteiger partial charge in [-0.25, -0.2) is 9.78 Å². The maximum Gasteiger partial charge on any atom is 0.365 e. The number of fused-ring (bicyclic) bond motifs is 1. The summed E-state index contributed by atoms with van der Waals surface area (Å²) in [5.41, 5.74) is 0.509. The summed E-state index contributed by atoms with van der Waals surface area (Å²) in [6.45, 7) is 2.26. The van der Waals surface area contributed by atoms with Crippen LogP contribution in [0.3, 0.4) is 0 Å². The number of imide groups is 1. The molecule has 0 atom stereocenters. The number of amides is 2. The Morgan fingerprint density at radius 2 is 1.74 bits per heavy atom. The number of carbonyl (C=O) groups is 3. The highest BCUT2D eigenvalue weighted by molar-refractivity contribution is 6.21. The minimum Gasteiger partial charge on any atom is -0.478 e. The second-order valence-corrected chi connectivity index (χ2v) is 4.65. The van der Waals surface area contributed by atoms with Crippen LogP contribution in [0.15, 0.2) is 42.6 Å². The quantitative estimate of drug-likeness (QED) is 0.801. The van der Waals surface area contributed by atoms with Crippen molar-refractivity contribution in [2.24, 2.45) is 0 Å². The van der Waals surface area contributed by atoms with Crippen LogP contribution < -0.4 is 4.74 Å². The van der Waals surface area contributed by atoms with Crippen molar-refractivity contribution in [2.45, 2.75) is 6.92 Å². The number of nitrogens with zero attached hydrogens (tertiary/aromatic N) is 2. The Morgan fingerprint density at radius 1 is 1.09 bits per heavy atom. The molecule has 116 valence electrons. The average molecular weight is 312 g/mol. The van der Waals surface area contributed by atoms with Gasteiger partial charge in [0, 0.05) is 12.3 Å². The number of ether oxygens (including phenoxy) is 1. The fraction of sp³-hybridized carbons (Fsp3) is 0.125. The van der Waals surface area contributed by atoms with Crippen LogP contribution in [0.4, 0.5) is 0 Å². The first kappa shape index (κ1) is 14.7. The summed E-state index contributed by atoms with van der Waals surface area (Å²) in [5, 5.41) is 0.462. The van der Waals surface area contributed by atoms with Gasteiger partial charge in [-0.15, -0.1) is 0 Å². The van der Waals surface area contributed by atoms with E-state index >= 15 is 0 Å². The van der Waals surface area contributed by atoms with Crippen molar-refractivity contribution in [2.75, 3.05) is 6.61 Å². The fourth-order valence-electron chi connectivity index (χ4n) is 2.12. The van der Waals surface area contributed by atoms with Gasteiger partial charge in [0.1, 0.15) is 0 Å². The number of hydrogen-bond acceptors (Lipinski definition) is 6. The SMILES string of the molecule is CCOc1ccc(C(=O)ON2C(=O)c3ccccc3C2=O)cn1. The number of aromatic nitrogens is 1. The first-order chi connectivity index (χ1) is 11.1. The third-order valence-electron chi connectivity index (χ3n) is 3.20. The predicted molar refractivity (Wildman–Crippen MR) is 77.8 cm³/mol. The molecule has 0 fully saturated rings. The van der Waals surface area contributed by atoms with E-state index in [0.29, 0.717) is 17.6 Å². The van der Waals surface area contributed by atoms with Crippen LogP contribution >= 0.6 is 0 Å². The molecule has 1 aromatic heterocycles. The van der Waals surface area contributed by atoms with Crippen molar-refractivity contribution in [3.63, 3.8) is 0 Å². The zero-order valence-corrected chi connectivity index (χ0v) is 12.2. The third kappa shape index (κ3) is 2.64. The number of benzene rings is 1. The number of pyridine rings is 1. The minimum absolute atomic E-state index is 0.102. The summed E-state index contributed by atoms with van der Waals surface area (Å²) in [6.07, 6.45) is 1.26. The van der Waals surface area contributed by atoms with E-state index in [9.17, 15) is 14.4 Å². The molecule has 2 amide bonds. The highest BCUT2D eigenvalue weighted by Crippen LogP contribution is 2.23. The predicted octanol–water partition coefficient (Wildman–Crippen LogP) is 1.85. The van der Waals surface area contributed by atoms with Crippen molar-refractivity contribution in [3.05, 3.63) is 59.3 Å². The lowest BCUT2D eigenvalue weighted by atomic mass is 10.1. The van der Waals surface area contributed by atoms with Gasteiger partial charge >= 0.3 is 5.97 Å². The van der Waals surface area contributed by atoms with E-state index in [1.54, 1.807) is 12.1 Å². The molecule has 23 heavy (non-hydrogen) atoms. The van der Waals surface area contributed by atoms with Crippen LogP contribution in [-0.4, -0.2) is 34.4 Å². The molecule has 0 unspecified atom stereocenters. The maximum atomic E-state index is 12.1. The molecule has 0 radical (unpaired) electrons. The Bertz CT molecular complexity index is 750. The second kappa shape index (κ2) is 5.88. The molecule has 0 spiro atoms. The Labute approximate surface area is 131 Å². The van der Waals surface area contributed by atoms with Gasteiger partial charge in [-0.1, -0.05) is 17.2 Å². The van der Waals surface area contributed by atoms with E-state index in [1.807, 2.05) is 6.92 Å². The molecule has 0 saturated carbocycles. The van der Waals surface area contributed by atoms with Crippen LogP contribution in [0.25, 0.3) is 0 Å². The number of rotatable bonds is 4. The standard InChI is InChI=1S/C16H12N2O5/c1-2-22-13-8-7-10(9-17-13)16(21)23-18-14(19)11-5-3-4-6-12(11)15(18)20/h3-9H,2H2,1H3. The highest BCUT2D eigenvalue weighted by atomic mass is 16.7. The summed E-state index contributed by atoms with van der Waals surface area (Å²) in [4.78, 5) is 45.1. The minimum atomic E-state index is -0.852. The monoisotopic (exact) mass is 312 g/mol. The molecule has 0 saturated heterocycles. The van der Waals surface area contributed by atoms with Gasteiger partial charge < -0.3 is 9.57 Å². The Balaban J connectivity index is 1.76. The summed E-state index contributed by atoms with van der Waals surface area (Å²) in [5.74, 6) is -1.82. The van der Waals surface area contributed by atoms with E-state index in [-0.39, 0.29) is 16.7 Å². The van der Waals surface area contributed by atoms with Gasteiger partial charge in [0.2, 0.25) is 5.88 Å². The summed E-state index contributed by atoms with van der Waals surface area (Å²) < 4.78 is 5.17. The van der Waals surface area contributed by atoms with Crippen LogP contribution in [0.1, 0.15) is 38.0 Å². The van der Waals surface area contributed by atoms with Crippen molar-refractivity contribution >= 4 is 17.8 Å². The summed E-state index contributed by atoms with van der Waals surface area (Å²) >= 11 is 0. The Hall–Kier alpha value is -3.22. The maximum absolute atomic E-state index is 12.1. The highest BCUT2D eigenvalue weighted by Gasteiger charge is 2.38. The van der Waals surface area contributed by atoms with Crippen molar-refractivity contribution in [3.8, 4) is 5.88 Å². The fourth-order valence-corrected chi connectivity index (χ4v) is 2.12. The number of carbonyl (C=O) groups excluding carboxylic acids is 3. The summed E-state index contributed by atoms with van der Waals surface area (Å²) in [7, 11) is 0. The van der Waals surface area contributed by atoms with E-state index in [4.69, 9.17) is 9.57 Å². The molecule has 0 aliphatic carbocycles. The van der Waals surface area contributed by atoms with Crippen LogP contribution in [0.5, 0.6) is 5.88 Å². The largest absolute Gasteiger partial charge is 0.478 e. The first-order valence-corrected chi connectivity index (χ1v) is 6.90. The molecule has 7 heteroatoms. The van der Waals surface area contributed by atoms with Crippen LogP contribution in [0.2, 0.25) is 0 Å². The van der Waals surface area contributed by atoms with Gasteiger partial charge in [0.05, 0.1) is 23.3 Å². The van der Waals surface area contributed by atoms with Crippen molar-refractivity contribution < 1.29 is 24.0 Å². The van der Waals surface area contributed by atoms with Gasteiger partial charge in [0.15, 0.2) is 0 Å². The molecule has 1 aliphatic rings. The topological polar surface area (TPSA) is 85.8 Å². The van der Waals surface area contributed by atoms with E-state index in [1.165, 1.54) is 30.5 Å². The van der Waals surface area contributed by atoms with E-state index in [2.05, 4.69) is 4.98 Å². The van der Waals surface area contributed by atoms with Crippen molar-refractivity contribution in [1.82, 2.24) is 10.0 Å². The molecule has 3 rings (SSSR count). The molecule has 1 aromatic carbocycles. The van der Waals surface area contributed by atoms with Gasteiger partial charge in [-0.2, -0.15) is 0 Å². The number of hydroxylamine groups is 2. The second-order valence-electron chi connectivity index (χ2n) is 4.65.